The Kier molecular flexibility index (Phi) is 11.3. The van der Waals surface area contributed by atoms with E-state index in [0.29, 0.717) is 0 Å². The highest BCUT2D eigenvalue weighted by Crippen LogP contribution is 2.06. The van der Waals surface area contributed by atoms with Crippen molar-refractivity contribution in [3.63, 3.8) is 0 Å². The van der Waals surface area contributed by atoms with E-state index in [-0.39, 0.29) is 0 Å². The lowest BCUT2D eigenvalue weighted by Crippen LogP contribution is -2.39. The zero-order valence-electron chi connectivity index (χ0n) is 14.8. The van der Waals surface area contributed by atoms with Crippen molar-refractivity contribution in [2.75, 3.05) is 13.2 Å². The van der Waals surface area contributed by atoms with Crippen molar-refractivity contribution in [2.24, 2.45) is 0 Å². The SMILES string of the molecule is CCCCCO[SiH](OCCCCC)c1ccccc1CCC. The standard InChI is InChI=1S/C19H34O2Si/c1-4-7-11-16-20-22(21-17-12-8-5-2)19-15-10-9-14-18(19)13-6-3/h9-10,14-15,22H,4-8,11-13,16-17H2,1-3H3. The van der Waals surface area contributed by atoms with Gasteiger partial charge in [-0.25, -0.2) is 0 Å². The molecule has 0 aliphatic rings. The molecule has 0 atom stereocenters. The van der Waals surface area contributed by atoms with Gasteiger partial charge in [-0.05, 0) is 30.0 Å². The molecule has 0 unspecified atom stereocenters. The Labute approximate surface area is 139 Å². The molecule has 0 N–H and O–H groups in total. The Bertz CT molecular complexity index is 369. The molecule has 3 heteroatoms. The van der Waals surface area contributed by atoms with Crippen LogP contribution < -0.4 is 5.19 Å². The van der Waals surface area contributed by atoms with Crippen LogP contribution in [-0.4, -0.2) is 22.5 Å². The largest absolute Gasteiger partial charge is 0.393 e. The molecule has 2 nitrogen and oxygen atoms in total. The van der Waals surface area contributed by atoms with Gasteiger partial charge in [-0.15, -0.1) is 0 Å². The normalized spacial score (nSPS) is 11.3. The second-order valence-electron chi connectivity index (χ2n) is 5.94. The number of hydrogen-bond acceptors (Lipinski definition) is 2. The lowest BCUT2D eigenvalue weighted by atomic mass is 10.1. The molecule has 0 saturated carbocycles. The molecule has 0 saturated heterocycles. The number of unbranched alkanes of at least 4 members (excludes halogenated alkanes) is 4. The molecule has 0 fully saturated rings. The minimum absolute atomic E-state index is 0.846. The van der Waals surface area contributed by atoms with Gasteiger partial charge >= 0.3 is 9.28 Å². The lowest BCUT2D eigenvalue weighted by molar-refractivity contribution is 0.200. The smallest absolute Gasteiger partial charge is 0.356 e. The van der Waals surface area contributed by atoms with E-state index >= 15 is 0 Å². The average molecular weight is 323 g/mol. The average Bonchev–Trinajstić information content (AvgIpc) is 2.54. The van der Waals surface area contributed by atoms with Crippen LogP contribution in [0.5, 0.6) is 0 Å². The Morgan fingerprint density at radius 1 is 0.773 bits per heavy atom. The van der Waals surface area contributed by atoms with Crippen LogP contribution in [0, 0.1) is 0 Å². The summed E-state index contributed by atoms with van der Waals surface area (Å²) in [4.78, 5) is 0. The highest BCUT2D eigenvalue weighted by Gasteiger charge is 2.19. The fourth-order valence-electron chi connectivity index (χ4n) is 2.57. The summed E-state index contributed by atoms with van der Waals surface area (Å²) >= 11 is 0. The van der Waals surface area contributed by atoms with Crippen LogP contribution in [0.3, 0.4) is 0 Å². The minimum Gasteiger partial charge on any atom is -0.393 e. The third kappa shape index (κ3) is 7.57. The molecule has 0 aromatic heterocycles. The summed E-state index contributed by atoms with van der Waals surface area (Å²) in [6.45, 7) is 8.38. The maximum atomic E-state index is 6.21. The Morgan fingerprint density at radius 2 is 1.36 bits per heavy atom. The van der Waals surface area contributed by atoms with Crippen molar-refractivity contribution in [1.29, 1.82) is 0 Å². The van der Waals surface area contributed by atoms with Crippen molar-refractivity contribution in [3.8, 4) is 0 Å². The van der Waals surface area contributed by atoms with Crippen LogP contribution in [0.1, 0.15) is 71.3 Å². The molecule has 0 heterocycles. The highest BCUT2D eigenvalue weighted by atomic mass is 28.3. The second kappa shape index (κ2) is 12.9. The van der Waals surface area contributed by atoms with Gasteiger partial charge in [-0.2, -0.15) is 0 Å². The predicted molar refractivity (Wildman–Crippen MR) is 98.2 cm³/mol. The molecule has 1 rings (SSSR count). The minimum atomic E-state index is -1.75. The molecule has 0 amide bonds. The maximum Gasteiger partial charge on any atom is 0.356 e. The number of hydrogen-bond donors (Lipinski definition) is 0. The number of rotatable bonds is 13. The summed E-state index contributed by atoms with van der Waals surface area (Å²) in [5.41, 5.74) is 1.42. The van der Waals surface area contributed by atoms with E-state index in [1.165, 1.54) is 42.9 Å². The van der Waals surface area contributed by atoms with Gasteiger partial charge in [-0.3, -0.25) is 0 Å². The van der Waals surface area contributed by atoms with Gasteiger partial charge in [0.2, 0.25) is 0 Å². The van der Waals surface area contributed by atoms with Gasteiger partial charge in [-0.1, -0.05) is 77.1 Å². The molecule has 0 radical (unpaired) electrons. The molecular formula is C19H34O2Si. The molecule has 1 aromatic carbocycles. The van der Waals surface area contributed by atoms with Crippen LogP contribution in [0.15, 0.2) is 24.3 Å². The van der Waals surface area contributed by atoms with Crippen molar-refractivity contribution < 1.29 is 8.85 Å². The summed E-state index contributed by atoms with van der Waals surface area (Å²) in [7, 11) is -1.75. The van der Waals surface area contributed by atoms with E-state index in [2.05, 4.69) is 45.0 Å². The van der Waals surface area contributed by atoms with Crippen molar-refractivity contribution >= 4 is 14.5 Å². The third-order valence-electron chi connectivity index (χ3n) is 3.86. The summed E-state index contributed by atoms with van der Waals surface area (Å²) < 4.78 is 12.4. The Hall–Kier alpha value is -0.643. The van der Waals surface area contributed by atoms with Crippen LogP contribution in [-0.2, 0) is 15.3 Å². The highest BCUT2D eigenvalue weighted by molar-refractivity contribution is 6.61. The monoisotopic (exact) mass is 322 g/mol. The maximum absolute atomic E-state index is 6.21. The van der Waals surface area contributed by atoms with Gasteiger partial charge in [0.15, 0.2) is 0 Å². The first kappa shape index (κ1) is 19.4. The van der Waals surface area contributed by atoms with Gasteiger partial charge in [0, 0.05) is 13.2 Å². The summed E-state index contributed by atoms with van der Waals surface area (Å²) in [6.07, 6.45) is 9.54. The van der Waals surface area contributed by atoms with Gasteiger partial charge in [0.05, 0.1) is 0 Å². The first-order valence-electron chi connectivity index (χ1n) is 9.14. The molecule has 22 heavy (non-hydrogen) atoms. The van der Waals surface area contributed by atoms with E-state index in [4.69, 9.17) is 8.85 Å². The van der Waals surface area contributed by atoms with Crippen molar-refractivity contribution in [3.05, 3.63) is 29.8 Å². The molecule has 0 bridgehead atoms. The molecule has 1 aromatic rings. The third-order valence-corrected chi connectivity index (χ3v) is 6.01. The molecular weight excluding hydrogens is 288 g/mol. The zero-order chi connectivity index (χ0) is 16.0. The fourth-order valence-corrected chi connectivity index (χ4v) is 4.60. The number of benzene rings is 1. The molecule has 0 spiro atoms. The zero-order valence-corrected chi connectivity index (χ0v) is 15.9. The van der Waals surface area contributed by atoms with Crippen LogP contribution >= 0.6 is 0 Å². The van der Waals surface area contributed by atoms with E-state index < -0.39 is 9.28 Å². The van der Waals surface area contributed by atoms with Gasteiger partial charge < -0.3 is 8.85 Å². The summed E-state index contributed by atoms with van der Waals surface area (Å²) in [5.74, 6) is 0. The summed E-state index contributed by atoms with van der Waals surface area (Å²) in [5, 5.41) is 1.36. The van der Waals surface area contributed by atoms with Gasteiger partial charge in [0.1, 0.15) is 0 Å². The van der Waals surface area contributed by atoms with Crippen LogP contribution in [0.2, 0.25) is 0 Å². The van der Waals surface area contributed by atoms with Crippen molar-refractivity contribution in [2.45, 2.75) is 72.1 Å². The topological polar surface area (TPSA) is 18.5 Å². The quantitative estimate of drug-likeness (QED) is 0.394. The molecule has 126 valence electrons. The first-order valence-corrected chi connectivity index (χ1v) is 10.7. The van der Waals surface area contributed by atoms with E-state index in [1.807, 2.05) is 0 Å². The number of aryl methyl sites for hydroxylation is 1. The van der Waals surface area contributed by atoms with Crippen LogP contribution in [0.4, 0.5) is 0 Å². The Balaban J connectivity index is 2.65. The second-order valence-corrected chi connectivity index (χ2v) is 7.89. The molecule has 0 aliphatic carbocycles. The lowest BCUT2D eigenvalue weighted by Gasteiger charge is -2.20. The Morgan fingerprint density at radius 3 is 1.91 bits per heavy atom. The van der Waals surface area contributed by atoms with E-state index in [9.17, 15) is 0 Å². The predicted octanol–water partition coefficient (Wildman–Crippen LogP) is 4.48. The first-order chi connectivity index (χ1) is 10.8. The van der Waals surface area contributed by atoms with Crippen molar-refractivity contribution in [1.82, 2.24) is 0 Å². The fraction of sp³-hybridized carbons (Fsp3) is 0.684. The van der Waals surface area contributed by atoms with Gasteiger partial charge in [0.25, 0.3) is 0 Å². The summed E-state index contributed by atoms with van der Waals surface area (Å²) in [6, 6.07) is 8.72. The van der Waals surface area contributed by atoms with Crippen LogP contribution in [0.25, 0.3) is 0 Å². The molecule has 0 aliphatic heterocycles. The van der Waals surface area contributed by atoms with E-state index in [1.54, 1.807) is 0 Å². The van der Waals surface area contributed by atoms with E-state index in [0.717, 1.165) is 32.5 Å².